The molecule has 0 bridgehead atoms. The summed E-state index contributed by atoms with van der Waals surface area (Å²) in [5.41, 5.74) is 2.76. The number of nitrogens with one attached hydrogen (secondary N) is 1. The van der Waals surface area contributed by atoms with Crippen molar-refractivity contribution in [2.75, 3.05) is 13.1 Å². The Balaban J connectivity index is 1.78. The molecule has 1 spiro atoms. The second-order valence-corrected chi connectivity index (χ2v) is 7.39. The summed E-state index contributed by atoms with van der Waals surface area (Å²) in [6, 6.07) is 0.586. The average molecular weight is 341 g/mol. The topological polar surface area (TPSA) is 33.1 Å². The van der Waals surface area contributed by atoms with Crippen LogP contribution in [0.25, 0.3) is 0 Å². The van der Waals surface area contributed by atoms with Crippen LogP contribution in [0.3, 0.4) is 0 Å². The van der Waals surface area contributed by atoms with Crippen molar-refractivity contribution in [3.8, 4) is 0 Å². The van der Waals surface area contributed by atoms with Crippen LogP contribution in [-0.2, 0) is 13.6 Å². The molecule has 1 saturated carbocycles. The lowest BCUT2D eigenvalue weighted by atomic mass is 9.92. The molecular weight excluding hydrogens is 316 g/mol. The van der Waals surface area contributed by atoms with E-state index in [0.29, 0.717) is 11.6 Å². The summed E-state index contributed by atoms with van der Waals surface area (Å²) in [5.74, 6) is 0. The van der Waals surface area contributed by atoms with E-state index in [0.717, 1.165) is 18.8 Å². The standard InChI is InChI=1S/C15H25BrN4/c1-11-8-17-15(6-4-5-7-15)10-20(11)9-13-14(16)12(2)18-19(13)3/h11,17H,4-10H2,1-3H3. The molecular formula is C15H25BrN4. The summed E-state index contributed by atoms with van der Waals surface area (Å²) in [6.45, 7) is 7.65. The Morgan fingerprint density at radius 2 is 2.10 bits per heavy atom. The van der Waals surface area contributed by atoms with Crippen molar-refractivity contribution in [2.45, 2.75) is 57.7 Å². The zero-order valence-corrected chi connectivity index (χ0v) is 14.3. The van der Waals surface area contributed by atoms with Gasteiger partial charge in [-0.2, -0.15) is 5.10 Å². The molecule has 2 heterocycles. The molecule has 0 radical (unpaired) electrons. The Hall–Kier alpha value is -0.390. The predicted molar refractivity (Wildman–Crippen MR) is 84.7 cm³/mol. The van der Waals surface area contributed by atoms with Crippen LogP contribution in [0.4, 0.5) is 0 Å². The molecule has 1 saturated heterocycles. The predicted octanol–water partition coefficient (Wildman–Crippen LogP) is 2.60. The normalized spacial score (nSPS) is 26.5. The lowest BCUT2D eigenvalue weighted by molar-refractivity contribution is 0.0803. The molecule has 1 aromatic rings. The Morgan fingerprint density at radius 3 is 2.70 bits per heavy atom. The number of nitrogens with zero attached hydrogens (tertiary/aromatic N) is 3. The van der Waals surface area contributed by atoms with Crippen LogP contribution in [0.1, 0.15) is 44.0 Å². The number of piperazine rings is 1. The van der Waals surface area contributed by atoms with Gasteiger partial charge >= 0.3 is 0 Å². The van der Waals surface area contributed by atoms with Gasteiger partial charge in [0, 0.05) is 38.3 Å². The van der Waals surface area contributed by atoms with Crippen LogP contribution < -0.4 is 5.32 Å². The fourth-order valence-electron chi connectivity index (χ4n) is 3.74. The molecule has 1 aromatic heterocycles. The highest BCUT2D eigenvalue weighted by molar-refractivity contribution is 9.10. The molecule has 112 valence electrons. The maximum absolute atomic E-state index is 4.52. The van der Waals surface area contributed by atoms with Crippen LogP contribution in [0.5, 0.6) is 0 Å². The molecule has 0 aromatic carbocycles. The zero-order chi connectivity index (χ0) is 14.3. The van der Waals surface area contributed by atoms with Gasteiger partial charge in [-0.15, -0.1) is 0 Å². The van der Waals surface area contributed by atoms with Crippen molar-refractivity contribution in [1.29, 1.82) is 0 Å². The van der Waals surface area contributed by atoms with Gasteiger partial charge in [-0.3, -0.25) is 9.58 Å². The molecule has 1 aliphatic heterocycles. The summed E-state index contributed by atoms with van der Waals surface area (Å²) in [5, 5.41) is 8.34. The van der Waals surface area contributed by atoms with E-state index in [-0.39, 0.29) is 0 Å². The summed E-state index contributed by atoms with van der Waals surface area (Å²) in [7, 11) is 2.05. The maximum atomic E-state index is 4.52. The quantitative estimate of drug-likeness (QED) is 0.898. The van der Waals surface area contributed by atoms with Crippen LogP contribution in [0.2, 0.25) is 0 Å². The van der Waals surface area contributed by atoms with E-state index in [9.17, 15) is 0 Å². The molecule has 1 aliphatic carbocycles. The lowest BCUT2D eigenvalue weighted by Crippen LogP contribution is -2.62. The molecule has 0 amide bonds. The van der Waals surface area contributed by atoms with Crippen LogP contribution in [0, 0.1) is 6.92 Å². The van der Waals surface area contributed by atoms with E-state index in [1.165, 1.54) is 42.4 Å². The van der Waals surface area contributed by atoms with E-state index >= 15 is 0 Å². The van der Waals surface area contributed by atoms with E-state index < -0.39 is 0 Å². The van der Waals surface area contributed by atoms with Crippen molar-refractivity contribution in [2.24, 2.45) is 7.05 Å². The third-order valence-corrected chi connectivity index (χ3v) is 6.11. The highest BCUT2D eigenvalue weighted by Crippen LogP contribution is 2.34. The van der Waals surface area contributed by atoms with Crippen molar-refractivity contribution < 1.29 is 0 Å². The molecule has 2 aliphatic rings. The van der Waals surface area contributed by atoms with E-state index in [1.54, 1.807) is 0 Å². The van der Waals surface area contributed by atoms with Gasteiger partial charge in [-0.1, -0.05) is 12.8 Å². The largest absolute Gasteiger partial charge is 0.308 e. The molecule has 4 nitrogen and oxygen atoms in total. The first-order valence-electron chi connectivity index (χ1n) is 7.68. The van der Waals surface area contributed by atoms with Crippen molar-refractivity contribution in [3.05, 3.63) is 15.9 Å². The van der Waals surface area contributed by atoms with Gasteiger partial charge in [0.25, 0.3) is 0 Å². The van der Waals surface area contributed by atoms with Crippen LogP contribution in [0.15, 0.2) is 4.47 Å². The summed E-state index contributed by atoms with van der Waals surface area (Å²) in [6.07, 6.45) is 5.43. The zero-order valence-electron chi connectivity index (χ0n) is 12.7. The van der Waals surface area contributed by atoms with E-state index in [2.05, 4.69) is 45.1 Å². The number of rotatable bonds is 2. The Bertz CT molecular complexity index is 490. The number of halogens is 1. The third kappa shape index (κ3) is 2.55. The fourth-order valence-corrected chi connectivity index (χ4v) is 4.20. The number of aryl methyl sites for hydroxylation is 2. The second kappa shape index (κ2) is 5.43. The summed E-state index contributed by atoms with van der Waals surface area (Å²) < 4.78 is 3.20. The first-order valence-corrected chi connectivity index (χ1v) is 8.47. The van der Waals surface area contributed by atoms with Gasteiger partial charge in [0.1, 0.15) is 0 Å². The smallest absolute Gasteiger partial charge is 0.0739 e. The highest BCUT2D eigenvalue weighted by atomic mass is 79.9. The first kappa shape index (κ1) is 14.5. The van der Waals surface area contributed by atoms with Gasteiger partial charge < -0.3 is 5.32 Å². The van der Waals surface area contributed by atoms with Crippen molar-refractivity contribution in [3.63, 3.8) is 0 Å². The summed E-state index contributed by atoms with van der Waals surface area (Å²) in [4.78, 5) is 2.63. The number of hydrogen-bond acceptors (Lipinski definition) is 3. The Labute approximate surface area is 130 Å². The SMILES string of the molecule is Cc1nn(C)c(CN2CC3(CCCC3)NCC2C)c1Br. The van der Waals surface area contributed by atoms with Gasteiger partial charge in [0.15, 0.2) is 0 Å². The molecule has 1 N–H and O–H groups in total. The molecule has 20 heavy (non-hydrogen) atoms. The minimum absolute atomic E-state index is 0.382. The van der Waals surface area contributed by atoms with E-state index in [4.69, 9.17) is 0 Å². The molecule has 1 atom stereocenters. The minimum atomic E-state index is 0.382. The second-order valence-electron chi connectivity index (χ2n) is 6.59. The molecule has 5 heteroatoms. The van der Waals surface area contributed by atoms with Gasteiger partial charge in [-0.25, -0.2) is 0 Å². The van der Waals surface area contributed by atoms with Gasteiger partial charge in [-0.05, 0) is 42.6 Å². The first-order chi connectivity index (χ1) is 9.51. The van der Waals surface area contributed by atoms with E-state index in [1.807, 2.05) is 11.7 Å². The molecule has 1 unspecified atom stereocenters. The molecule has 3 rings (SSSR count). The van der Waals surface area contributed by atoms with Gasteiger partial charge in [0.05, 0.1) is 15.9 Å². The fraction of sp³-hybridized carbons (Fsp3) is 0.800. The Morgan fingerprint density at radius 1 is 1.40 bits per heavy atom. The van der Waals surface area contributed by atoms with Crippen molar-refractivity contribution >= 4 is 15.9 Å². The highest BCUT2D eigenvalue weighted by Gasteiger charge is 2.40. The average Bonchev–Trinajstić information content (AvgIpc) is 2.95. The number of aromatic nitrogens is 2. The van der Waals surface area contributed by atoms with Crippen molar-refractivity contribution in [1.82, 2.24) is 20.0 Å². The van der Waals surface area contributed by atoms with Crippen LogP contribution in [-0.4, -0.2) is 39.4 Å². The van der Waals surface area contributed by atoms with Crippen LogP contribution >= 0.6 is 15.9 Å². The minimum Gasteiger partial charge on any atom is -0.308 e. The summed E-state index contributed by atoms with van der Waals surface area (Å²) >= 11 is 3.70. The van der Waals surface area contributed by atoms with Gasteiger partial charge in [0.2, 0.25) is 0 Å². The Kier molecular flexibility index (Phi) is 3.95. The number of hydrogen-bond donors (Lipinski definition) is 1. The third-order valence-electron chi connectivity index (χ3n) is 5.08. The maximum Gasteiger partial charge on any atom is 0.0739 e. The lowest BCUT2D eigenvalue weighted by Gasteiger charge is -2.45. The monoisotopic (exact) mass is 340 g/mol. The molecule has 2 fully saturated rings.